The molecule has 3 nitrogen and oxygen atoms in total. The summed E-state index contributed by atoms with van der Waals surface area (Å²) in [6.45, 7) is 0. The summed E-state index contributed by atoms with van der Waals surface area (Å²) < 4.78 is 16.2. The van der Waals surface area contributed by atoms with E-state index in [0.29, 0.717) is 0 Å². The first kappa shape index (κ1) is 32.8. The van der Waals surface area contributed by atoms with E-state index >= 15 is 0 Å². The Bertz CT molecular complexity index is 3910. The van der Waals surface area contributed by atoms with Crippen molar-refractivity contribution in [1.82, 2.24) is 4.57 Å². The molecule has 0 unspecified atom stereocenters. The van der Waals surface area contributed by atoms with Crippen molar-refractivity contribution >= 4 is 109 Å². The zero-order valence-corrected chi connectivity index (χ0v) is 32.8. The van der Waals surface area contributed by atoms with Gasteiger partial charge in [-0.1, -0.05) is 140 Å². The van der Waals surface area contributed by atoms with Crippen LogP contribution in [0.15, 0.2) is 209 Å². The molecule has 0 aliphatic heterocycles. The number of aromatic nitrogens is 1. The molecule has 0 aliphatic carbocycles. The van der Waals surface area contributed by atoms with Gasteiger partial charge < -0.3 is 13.4 Å². The van der Waals surface area contributed by atoms with E-state index in [1.54, 1.807) is 0 Å². The number of rotatable bonds is 3. The van der Waals surface area contributed by atoms with E-state index in [0.717, 1.165) is 82.9 Å². The van der Waals surface area contributed by atoms with E-state index in [2.05, 4.69) is 205 Å². The summed E-state index contributed by atoms with van der Waals surface area (Å²) >= 11 is 0. The van der Waals surface area contributed by atoms with Crippen molar-refractivity contribution in [2.45, 2.75) is 0 Å². The molecular formula is C58H33NO2. The van der Waals surface area contributed by atoms with E-state index in [1.165, 1.54) is 53.9 Å². The molecule has 3 heterocycles. The van der Waals surface area contributed by atoms with Crippen LogP contribution in [0.4, 0.5) is 0 Å². The number of furan rings is 2. The molecule has 0 fully saturated rings. The highest BCUT2D eigenvalue weighted by Crippen LogP contribution is 2.46. The normalized spacial score (nSPS) is 12.3. The van der Waals surface area contributed by atoms with Gasteiger partial charge in [0.2, 0.25) is 0 Å². The molecule has 0 bridgehead atoms. The van der Waals surface area contributed by atoms with Crippen molar-refractivity contribution in [2.75, 3.05) is 0 Å². The molecule has 0 amide bonds. The molecule has 0 radical (unpaired) electrons. The fourth-order valence-electron chi connectivity index (χ4n) is 10.3. The summed E-state index contributed by atoms with van der Waals surface area (Å²) in [6, 6.07) is 72.6. The van der Waals surface area contributed by atoms with Crippen LogP contribution in [-0.4, -0.2) is 4.57 Å². The number of hydrogen-bond donors (Lipinski definition) is 0. The zero-order valence-electron chi connectivity index (χ0n) is 32.8. The molecule has 0 saturated carbocycles. The molecule has 0 spiro atoms. The topological polar surface area (TPSA) is 31.2 Å². The molecule has 61 heavy (non-hydrogen) atoms. The smallest absolute Gasteiger partial charge is 0.143 e. The molecule has 0 atom stereocenters. The summed E-state index contributed by atoms with van der Waals surface area (Å²) in [4.78, 5) is 0. The van der Waals surface area contributed by atoms with Crippen molar-refractivity contribution in [1.29, 1.82) is 0 Å². The Morgan fingerprint density at radius 3 is 1.18 bits per heavy atom. The van der Waals surface area contributed by atoms with Gasteiger partial charge in [0.1, 0.15) is 22.3 Å². The Kier molecular flexibility index (Phi) is 6.56. The van der Waals surface area contributed by atoms with Gasteiger partial charge in [-0.05, 0) is 115 Å². The van der Waals surface area contributed by atoms with E-state index in [1.807, 2.05) is 0 Å². The quantitative estimate of drug-likeness (QED) is 0.179. The summed E-state index contributed by atoms with van der Waals surface area (Å²) in [5.74, 6) is 0. The van der Waals surface area contributed by atoms with Crippen LogP contribution in [0.1, 0.15) is 0 Å². The van der Waals surface area contributed by atoms with E-state index < -0.39 is 0 Å². The van der Waals surface area contributed by atoms with E-state index in [4.69, 9.17) is 8.83 Å². The molecule has 3 aromatic heterocycles. The lowest BCUT2D eigenvalue weighted by molar-refractivity contribution is 0.670. The predicted molar refractivity (Wildman–Crippen MR) is 256 cm³/mol. The molecular weight excluding hydrogens is 743 g/mol. The van der Waals surface area contributed by atoms with Gasteiger partial charge in [-0.3, -0.25) is 0 Å². The maximum absolute atomic E-state index is 6.90. The molecule has 14 aromatic rings. The summed E-state index contributed by atoms with van der Waals surface area (Å²) in [5, 5.41) is 16.5. The first-order valence-electron chi connectivity index (χ1n) is 20.9. The lowest BCUT2D eigenvalue weighted by Crippen LogP contribution is -1.94. The first-order valence-corrected chi connectivity index (χ1v) is 20.9. The third-order valence-corrected chi connectivity index (χ3v) is 13.1. The molecule has 11 aromatic carbocycles. The summed E-state index contributed by atoms with van der Waals surface area (Å²) in [6.07, 6.45) is 0. The second-order valence-electron chi connectivity index (χ2n) is 16.4. The van der Waals surface area contributed by atoms with Gasteiger partial charge in [0.15, 0.2) is 0 Å². The largest absolute Gasteiger partial charge is 0.455 e. The van der Waals surface area contributed by atoms with Crippen LogP contribution < -0.4 is 0 Å². The molecule has 14 rings (SSSR count). The van der Waals surface area contributed by atoms with Crippen molar-refractivity contribution in [3.8, 4) is 27.9 Å². The van der Waals surface area contributed by atoms with Gasteiger partial charge >= 0.3 is 0 Å². The number of fused-ring (bicyclic) bond motifs is 15. The lowest BCUT2D eigenvalue weighted by atomic mass is 9.94. The Morgan fingerprint density at radius 2 is 0.705 bits per heavy atom. The molecule has 282 valence electrons. The summed E-state index contributed by atoms with van der Waals surface area (Å²) in [5.41, 5.74) is 11.4. The molecule has 0 N–H and O–H groups in total. The van der Waals surface area contributed by atoms with Gasteiger partial charge in [0.05, 0.1) is 11.0 Å². The van der Waals surface area contributed by atoms with Gasteiger partial charge in [-0.15, -0.1) is 0 Å². The monoisotopic (exact) mass is 775 g/mol. The summed E-state index contributed by atoms with van der Waals surface area (Å²) in [7, 11) is 0. The van der Waals surface area contributed by atoms with Crippen LogP contribution in [0.5, 0.6) is 0 Å². The second kappa shape index (κ2) is 12.2. The van der Waals surface area contributed by atoms with Crippen molar-refractivity contribution in [3.05, 3.63) is 200 Å². The first-order chi connectivity index (χ1) is 30.2. The van der Waals surface area contributed by atoms with Crippen LogP contribution in [-0.2, 0) is 0 Å². The predicted octanol–water partition coefficient (Wildman–Crippen LogP) is 16.5. The third-order valence-electron chi connectivity index (χ3n) is 13.1. The van der Waals surface area contributed by atoms with E-state index in [-0.39, 0.29) is 0 Å². The van der Waals surface area contributed by atoms with E-state index in [9.17, 15) is 0 Å². The minimum atomic E-state index is 0.902. The highest BCUT2D eigenvalue weighted by molar-refractivity contribution is 6.26. The maximum Gasteiger partial charge on any atom is 0.143 e. The van der Waals surface area contributed by atoms with Gasteiger partial charge in [0.25, 0.3) is 0 Å². The van der Waals surface area contributed by atoms with Crippen molar-refractivity contribution in [2.24, 2.45) is 0 Å². The molecule has 0 aliphatic rings. The van der Waals surface area contributed by atoms with Crippen molar-refractivity contribution in [3.63, 3.8) is 0 Å². The Balaban J connectivity index is 1.04. The Hall–Kier alpha value is -8.14. The Labute approximate surface area is 348 Å². The molecule has 0 saturated heterocycles. The van der Waals surface area contributed by atoms with Gasteiger partial charge in [-0.25, -0.2) is 0 Å². The number of nitrogens with zero attached hydrogens (tertiary/aromatic N) is 1. The second-order valence-corrected chi connectivity index (χ2v) is 16.4. The fourth-order valence-corrected chi connectivity index (χ4v) is 10.3. The lowest BCUT2D eigenvalue weighted by Gasteiger charge is -2.11. The average Bonchev–Trinajstić information content (AvgIpc) is 3.98. The van der Waals surface area contributed by atoms with Crippen LogP contribution >= 0.6 is 0 Å². The fraction of sp³-hybridized carbons (Fsp3) is 0. The van der Waals surface area contributed by atoms with Crippen LogP contribution in [0.2, 0.25) is 0 Å². The third kappa shape index (κ3) is 4.69. The number of hydrogen-bond acceptors (Lipinski definition) is 2. The standard InChI is InChI=1S/C58H33NO2/c1-2-18-42(19-3-1)59-51-30-40(47-28-38-16-8-10-20-43(38)55-49-26-34-12-4-6-14-36(34)32-53(49)60-57(47)55)22-24-45(51)46-25-23-41(31-52(46)59)48-29-39-17-9-11-21-44(39)56-50-27-35-13-5-7-15-37(35)33-54(50)61-58(48)56/h1-33H. The number of benzene rings is 11. The minimum absolute atomic E-state index is 0.902. The SMILES string of the molecule is c1ccc(-n2c3cc(-c4cc5ccccc5c5c4oc4cc6ccccc6cc45)ccc3c3ccc(-c4cc5ccccc5c5c4oc4cc6ccccc6cc45)cc32)cc1. The van der Waals surface area contributed by atoms with Crippen LogP contribution in [0, 0.1) is 0 Å². The average molecular weight is 776 g/mol. The Morgan fingerprint density at radius 1 is 0.295 bits per heavy atom. The minimum Gasteiger partial charge on any atom is -0.455 e. The highest BCUT2D eigenvalue weighted by atomic mass is 16.3. The highest BCUT2D eigenvalue weighted by Gasteiger charge is 2.22. The maximum atomic E-state index is 6.90. The van der Waals surface area contributed by atoms with Crippen LogP contribution in [0.25, 0.3) is 137 Å². The number of para-hydroxylation sites is 1. The van der Waals surface area contributed by atoms with Crippen molar-refractivity contribution < 1.29 is 8.83 Å². The zero-order chi connectivity index (χ0) is 39.8. The van der Waals surface area contributed by atoms with Gasteiger partial charge in [0, 0.05) is 49.1 Å². The molecule has 3 heteroatoms. The van der Waals surface area contributed by atoms with Crippen LogP contribution in [0.3, 0.4) is 0 Å². The van der Waals surface area contributed by atoms with Gasteiger partial charge in [-0.2, -0.15) is 0 Å².